The highest BCUT2D eigenvalue weighted by molar-refractivity contribution is 9.11. The lowest BCUT2D eigenvalue weighted by Gasteiger charge is -2.16. The topological polar surface area (TPSA) is 75.7 Å². The van der Waals surface area contributed by atoms with Crippen LogP contribution in [0.15, 0.2) is 45.3 Å². The molecule has 0 spiro atoms. The number of hydrogen-bond acceptors (Lipinski definition) is 4. The molecule has 1 heterocycles. The fourth-order valence-electron chi connectivity index (χ4n) is 2.46. The summed E-state index contributed by atoms with van der Waals surface area (Å²) in [5, 5.41) is 0.708. The van der Waals surface area contributed by atoms with Crippen LogP contribution in [0.4, 0.5) is 0 Å². The summed E-state index contributed by atoms with van der Waals surface area (Å²) in [6, 6.07) is 10.0. The lowest BCUT2D eigenvalue weighted by Crippen LogP contribution is -2.47. The number of amides is 3. The summed E-state index contributed by atoms with van der Waals surface area (Å²) in [4.78, 5) is 36.5. The third kappa shape index (κ3) is 3.45. The Balaban J connectivity index is 1.67. The Morgan fingerprint density at radius 3 is 2.28 bits per heavy atom. The van der Waals surface area contributed by atoms with E-state index in [-0.39, 0.29) is 17.7 Å². The lowest BCUT2D eigenvalue weighted by atomic mass is 10.1. The summed E-state index contributed by atoms with van der Waals surface area (Å²) in [7, 11) is 0. The number of rotatable bonds is 4. The molecule has 0 fully saturated rings. The van der Waals surface area contributed by atoms with Gasteiger partial charge in [-0.1, -0.05) is 28.1 Å². The van der Waals surface area contributed by atoms with E-state index in [0.29, 0.717) is 15.2 Å². The van der Waals surface area contributed by atoms with Crippen LogP contribution in [0, 0.1) is 6.92 Å². The van der Waals surface area contributed by atoms with Crippen LogP contribution in [0.25, 0.3) is 0 Å². The van der Waals surface area contributed by atoms with Crippen molar-refractivity contribution in [1.29, 1.82) is 0 Å². The Kier molecular flexibility index (Phi) is 4.91. The van der Waals surface area contributed by atoms with Crippen LogP contribution in [-0.4, -0.2) is 29.3 Å². The second-order valence-electron chi connectivity index (χ2n) is 5.35. The second kappa shape index (κ2) is 6.97. The Morgan fingerprint density at radius 1 is 1.12 bits per heavy atom. The van der Waals surface area contributed by atoms with Crippen molar-refractivity contribution in [1.82, 2.24) is 10.4 Å². The maximum Gasteiger partial charge on any atom is 0.280 e. The summed E-state index contributed by atoms with van der Waals surface area (Å²) in [5.41, 5.74) is 3.65. The molecule has 0 atom stereocenters. The SMILES string of the molecule is Cc1cc(Br)cc(Br)c1OCC(=O)NN1C(=O)c2ccccc2C1=O. The van der Waals surface area contributed by atoms with Gasteiger partial charge in [-0.05, 0) is 52.7 Å². The van der Waals surface area contributed by atoms with Gasteiger partial charge in [0.1, 0.15) is 5.75 Å². The van der Waals surface area contributed by atoms with Crippen LogP contribution >= 0.6 is 31.9 Å². The van der Waals surface area contributed by atoms with E-state index in [0.717, 1.165) is 10.0 Å². The monoisotopic (exact) mass is 466 g/mol. The molecule has 3 rings (SSSR count). The van der Waals surface area contributed by atoms with Gasteiger partial charge in [-0.2, -0.15) is 5.01 Å². The average molecular weight is 468 g/mol. The van der Waals surface area contributed by atoms with E-state index in [1.807, 2.05) is 13.0 Å². The van der Waals surface area contributed by atoms with Gasteiger partial charge in [0.25, 0.3) is 17.7 Å². The van der Waals surface area contributed by atoms with Crippen LogP contribution in [0.2, 0.25) is 0 Å². The molecule has 0 aliphatic carbocycles. The Morgan fingerprint density at radius 2 is 1.72 bits per heavy atom. The Labute approximate surface area is 160 Å². The van der Waals surface area contributed by atoms with E-state index < -0.39 is 17.7 Å². The number of hydrazine groups is 1. The highest BCUT2D eigenvalue weighted by atomic mass is 79.9. The Bertz CT molecular complexity index is 840. The summed E-state index contributed by atoms with van der Waals surface area (Å²) in [5.74, 6) is -1.21. The van der Waals surface area contributed by atoms with Crippen LogP contribution in [0.1, 0.15) is 26.3 Å². The zero-order valence-corrected chi connectivity index (χ0v) is 16.2. The molecule has 0 saturated heterocycles. The quantitative estimate of drug-likeness (QED) is 0.700. The minimum absolute atomic E-state index is 0.264. The standard InChI is InChI=1S/C17H12Br2N2O4/c1-9-6-10(18)7-13(19)15(9)25-8-14(22)20-21-16(23)11-4-2-3-5-12(11)17(21)24/h2-7H,8H2,1H3,(H,20,22). The van der Waals surface area contributed by atoms with Crippen molar-refractivity contribution in [3.8, 4) is 5.75 Å². The van der Waals surface area contributed by atoms with E-state index in [1.54, 1.807) is 30.3 Å². The van der Waals surface area contributed by atoms with Crippen molar-refractivity contribution < 1.29 is 19.1 Å². The number of hydrogen-bond donors (Lipinski definition) is 1. The predicted molar refractivity (Wildman–Crippen MR) is 97.2 cm³/mol. The molecule has 1 aliphatic rings. The number of nitrogens with one attached hydrogen (secondary N) is 1. The molecule has 128 valence electrons. The van der Waals surface area contributed by atoms with Crippen molar-refractivity contribution in [2.24, 2.45) is 0 Å². The molecule has 0 saturated carbocycles. The molecule has 1 N–H and O–H groups in total. The van der Waals surface area contributed by atoms with Gasteiger partial charge in [0.05, 0.1) is 15.6 Å². The van der Waals surface area contributed by atoms with Crippen molar-refractivity contribution in [2.45, 2.75) is 6.92 Å². The Hall–Kier alpha value is -2.19. The number of halogens is 2. The van der Waals surface area contributed by atoms with Gasteiger partial charge < -0.3 is 4.74 Å². The fourth-order valence-corrected chi connectivity index (χ4v) is 4.01. The van der Waals surface area contributed by atoms with Gasteiger partial charge in [0, 0.05) is 4.47 Å². The number of ether oxygens (including phenoxy) is 1. The second-order valence-corrected chi connectivity index (χ2v) is 7.12. The van der Waals surface area contributed by atoms with Gasteiger partial charge in [0.2, 0.25) is 0 Å². The van der Waals surface area contributed by atoms with Gasteiger partial charge >= 0.3 is 0 Å². The summed E-state index contributed by atoms with van der Waals surface area (Å²) < 4.78 is 7.08. The van der Waals surface area contributed by atoms with Crippen molar-refractivity contribution in [3.63, 3.8) is 0 Å². The van der Waals surface area contributed by atoms with E-state index in [2.05, 4.69) is 37.3 Å². The molecule has 6 nitrogen and oxygen atoms in total. The average Bonchev–Trinajstić information content (AvgIpc) is 2.79. The zero-order chi connectivity index (χ0) is 18.1. The van der Waals surface area contributed by atoms with Crippen LogP contribution < -0.4 is 10.2 Å². The van der Waals surface area contributed by atoms with Gasteiger partial charge in [0.15, 0.2) is 6.61 Å². The summed E-state index contributed by atoms with van der Waals surface area (Å²) in [6.45, 7) is 1.50. The third-order valence-electron chi connectivity index (χ3n) is 3.57. The number of benzene rings is 2. The van der Waals surface area contributed by atoms with Crippen LogP contribution in [0.5, 0.6) is 5.75 Å². The molecule has 3 amide bonds. The molecule has 2 aromatic carbocycles. The van der Waals surface area contributed by atoms with Gasteiger partial charge in [-0.3, -0.25) is 19.8 Å². The number of aryl methyl sites for hydroxylation is 1. The first kappa shape index (κ1) is 17.6. The van der Waals surface area contributed by atoms with E-state index in [9.17, 15) is 14.4 Å². The highest BCUT2D eigenvalue weighted by Gasteiger charge is 2.36. The first-order chi connectivity index (χ1) is 11.9. The molecule has 1 aliphatic heterocycles. The third-order valence-corrected chi connectivity index (χ3v) is 4.62. The molecule has 2 aromatic rings. The molecule has 0 radical (unpaired) electrons. The summed E-state index contributed by atoms with van der Waals surface area (Å²) >= 11 is 6.74. The molecule has 0 bridgehead atoms. The van der Waals surface area contributed by atoms with Crippen LogP contribution in [-0.2, 0) is 4.79 Å². The first-order valence-corrected chi connectivity index (χ1v) is 8.83. The number of carbonyl (C=O) groups is 3. The molecule has 8 heteroatoms. The maximum atomic E-state index is 12.2. The molecular formula is C17H12Br2N2O4. The zero-order valence-electron chi connectivity index (χ0n) is 13.0. The number of imide groups is 1. The smallest absolute Gasteiger partial charge is 0.280 e. The van der Waals surface area contributed by atoms with Gasteiger partial charge in [-0.25, -0.2) is 0 Å². The van der Waals surface area contributed by atoms with Crippen molar-refractivity contribution >= 4 is 49.6 Å². The minimum Gasteiger partial charge on any atom is -0.482 e. The summed E-state index contributed by atoms with van der Waals surface area (Å²) in [6.07, 6.45) is 0. The van der Waals surface area contributed by atoms with Gasteiger partial charge in [-0.15, -0.1) is 0 Å². The minimum atomic E-state index is -0.608. The normalized spacial score (nSPS) is 13.0. The van der Waals surface area contributed by atoms with Crippen molar-refractivity contribution in [3.05, 3.63) is 62.0 Å². The fraction of sp³-hybridized carbons (Fsp3) is 0.118. The number of carbonyl (C=O) groups excluding carboxylic acids is 3. The predicted octanol–water partition coefficient (Wildman–Crippen LogP) is 3.23. The number of nitrogens with zero attached hydrogens (tertiary/aromatic N) is 1. The van der Waals surface area contributed by atoms with E-state index in [1.165, 1.54) is 0 Å². The van der Waals surface area contributed by atoms with E-state index >= 15 is 0 Å². The molecular weight excluding hydrogens is 456 g/mol. The molecule has 0 aromatic heterocycles. The first-order valence-electron chi connectivity index (χ1n) is 7.24. The maximum absolute atomic E-state index is 12.2. The van der Waals surface area contributed by atoms with Crippen molar-refractivity contribution in [2.75, 3.05) is 6.61 Å². The lowest BCUT2D eigenvalue weighted by molar-refractivity contribution is -0.126. The molecule has 0 unspecified atom stereocenters. The molecule has 25 heavy (non-hydrogen) atoms. The highest BCUT2D eigenvalue weighted by Crippen LogP contribution is 2.32. The largest absolute Gasteiger partial charge is 0.482 e. The van der Waals surface area contributed by atoms with Crippen LogP contribution in [0.3, 0.4) is 0 Å². The number of fused-ring (bicyclic) bond motifs is 1. The van der Waals surface area contributed by atoms with E-state index in [4.69, 9.17) is 4.74 Å².